The zero-order valence-corrected chi connectivity index (χ0v) is 16.1. The Kier molecular flexibility index (Phi) is 4.81. The maximum atomic E-state index is 12.7. The Bertz CT molecular complexity index is 1150. The number of nitrogens with one attached hydrogen (secondary N) is 1. The summed E-state index contributed by atoms with van der Waals surface area (Å²) in [6.07, 6.45) is 2.98. The molecule has 0 saturated carbocycles. The van der Waals surface area contributed by atoms with Gasteiger partial charge in [0.15, 0.2) is 22.4 Å². The van der Waals surface area contributed by atoms with Crippen LogP contribution in [0, 0.1) is 0 Å². The lowest BCUT2D eigenvalue weighted by molar-refractivity contribution is 0.101. The van der Waals surface area contributed by atoms with E-state index in [9.17, 15) is 9.59 Å². The highest BCUT2D eigenvalue weighted by Gasteiger charge is 2.19. The number of furan rings is 1. The third-order valence-corrected chi connectivity index (χ3v) is 5.13. The van der Waals surface area contributed by atoms with Gasteiger partial charge >= 0.3 is 0 Å². The van der Waals surface area contributed by atoms with Crippen LogP contribution in [0.2, 0.25) is 5.02 Å². The van der Waals surface area contributed by atoms with Gasteiger partial charge in [0, 0.05) is 18.0 Å². The van der Waals surface area contributed by atoms with Crippen LogP contribution in [0.5, 0.6) is 0 Å². The van der Waals surface area contributed by atoms with E-state index in [-0.39, 0.29) is 11.5 Å². The number of benzene rings is 1. The summed E-state index contributed by atoms with van der Waals surface area (Å²) in [6.45, 7) is 1.45. The number of thiazole rings is 1. The molecule has 3 aromatic heterocycles. The van der Waals surface area contributed by atoms with E-state index >= 15 is 0 Å². The van der Waals surface area contributed by atoms with Gasteiger partial charge in [0.05, 0.1) is 23.0 Å². The third kappa shape index (κ3) is 3.60. The van der Waals surface area contributed by atoms with E-state index in [1.165, 1.54) is 13.1 Å². The molecular formula is C19H13ClN4O3S. The summed E-state index contributed by atoms with van der Waals surface area (Å²) < 4.78 is 7.08. The molecule has 0 saturated heterocycles. The minimum absolute atomic E-state index is 0.106. The van der Waals surface area contributed by atoms with Crippen molar-refractivity contribution in [2.75, 3.05) is 5.32 Å². The fourth-order valence-electron chi connectivity index (χ4n) is 2.53. The van der Waals surface area contributed by atoms with Crippen LogP contribution < -0.4 is 5.32 Å². The molecule has 0 aliphatic carbocycles. The number of Topliss-reactive ketones (excluding diaryl/α,β-unsaturated/α-hetero) is 1. The summed E-state index contributed by atoms with van der Waals surface area (Å²) in [5.74, 6) is 0.0182. The Morgan fingerprint density at radius 2 is 2.00 bits per heavy atom. The number of anilines is 1. The predicted molar refractivity (Wildman–Crippen MR) is 106 cm³/mol. The lowest BCUT2D eigenvalue weighted by Gasteiger charge is -2.05. The van der Waals surface area contributed by atoms with Crippen molar-refractivity contribution in [1.82, 2.24) is 14.8 Å². The molecule has 28 heavy (non-hydrogen) atoms. The van der Waals surface area contributed by atoms with Crippen LogP contribution in [0.15, 0.2) is 59.3 Å². The topological polar surface area (TPSA) is 90.0 Å². The largest absolute Gasteiger partial charge is 0.463 e. The lowest BCUT2D eigenvalue weighted by Crippen LogP contribution is -2.13. The van der Waals surface area contributed by atoms with Gasteiger partial charge in [0.2, 0.25) is 0 Å². The summed E-state index contributed by atoms with van der Waals surface area (Å²) in [5.41, 5.74) is 1.52. The van der Waals surface area contributed by atoms with E-state index in [1.54, 1.807) is 53.4 Å². The van der Waals surface area contributed by atoms with Crippen LogP contribution in [0.25, 0.3) is 17.1 Å². The second-order valence-corrected chi connectivity index (χ2v) is 7.29. The number of hydrogen-bond donors (Lipinski definition) is 1. The Balaban J connectivity index is 1.69. The standard InChI is InChI=1S/C19H13ClN4O3S/c1-11(25)17-10-21-19(28-17)22-18(26)14-9-15(16-3-2-8-27-16)24(23-14)13-6-4-12(20)5-7-13/h2-10H,1H3,(H,21,22,26). The Morgan fingerprint density at radius 1 is 1.21 bits per heavy atom. The molecule has 0 bridgehead atoms. The molecular weight excluding hydrogens is 400 g/mol. The molecule has 0 spiro atoms. The molecule has 4 aromatic rings. The van der Waals surface area contributed by atoms with E-state index in [0.717, 1.165) is 17.0 Å². The molecule has 0 radical (unpaired) electrons. The average Bonchev–Trinajstić information content (AvgIpc) is 3.42. The van der Waals surface area contributed by atoms with E-state index < -0.39 is 5.91 Å². The monoisotopic (exact) mass is 412 g/mol. The summed E-state index contributed by atoms with van der Waals surface area (Å²) in [5, 5.41) is 8.01. The highest BCUT2D eigenvalue weighted by molar-refractivity contribution is 7.17. The van der Waals surface area contributed by atoms with Crippen molar-refractivity contribution in [2.24, 2.45) is 0 Å². The van der Waals surface area contributed by atoms with Gasteiger partial charge in [0.25, 0.3) is 5.91 Å². The fraction of sp³-hybridized carbons (Fsp3) is 0.0526. The number of amides is 1. The van der Waals surface area contributed by atoms with Crippen LogP contribution >= 0.6 is 22.9 Å². The zero-order valence-electron chi connectivity index (χ0n) is 14.5. The van der Waals surface area contributed by atoms with E-state index in [4.69, 9.17) is 16.0 Å². The molecule has 7 nitrogen and oxygen atoms in total. The van der Waals surface area contributed by atoms with E-state index in [1.807, 2.05) is 0 Å². The first-order valence-corrected chi connectivity index (χ1v) is 9.39. The van der Waals surface area contributed by atoms with Crippen LogP contribution in [0.3, 0.4) is 0 Å². The van der Waals surface area contributed by atoms with E-state index in [0.29, 0.717) is 26.5 Å². The number of halogens is 1. The van der Waals surface area contributed by atoms with Crippen molar-refractivity contribution in [3.63, 3.8) is 0 Å². The second-order valence-electron chi connectivity index (χ2n) is 5.82. The van der Waals surface area contributed by atoms with Gasteiger partial charge in [-0.15, -0.1) is 0 Å². The molecule has 0 aliphatic rings. The predicted octanol–water partition coefficient (Wildman–Crippen LogP) is 4.70. The quantitative estimate of drug-likeness (QED) is 0.480. The molecule has 4 rings (SSSR count). The van der Waals surface area contributed by atoms with Crippen molar-refractivity contribution in [1.29, 1.82) is 0 Å². The SMILES string of the molecule is CC(=O)c1cnc(NC(=O)c2cc(-c3ccco3)n(-c3ccc(Cl)cc3)n2)s1. The molecule has 9 heteroatoms. The molecule has 0 atom stereocenters. The minimum atomic E-state index is -0.440. The molecule has 1 N–H and O–H groups in total. The molecule has 0 unspecified atom stereocenters. The Hall–Kier alpha value is -3.23. The van der Waals surface area contributed by atoms with Crippen LogP contribution in [0.4, 0.5) is 5.13 Å². The maximum absolute atomic E-state index is 12.7. The number of ketones is 1. The van der Waals surface area contributed by atoms with Crippen molar-refractivity contribution < 1.29 is 14.0 Å². The highest BCUT2D eigenvalue weighted by Crippen LogP contribution is 2.26. The maximum Gasteiger partial charge on any atom is 0.277 e. The number of aromatic nitrogens is 3. The van der Waals surface area contributed by atoms with Gasteiger partial charge in [-0.05, 0) is 36.4 Å². The molecule has 1 aromatic carbocycles. The summed E-state index contributed by atoms with van der Waals surface area (Å²) in [4.78, 5) is 28.6. The number of carbonyl (C=O) groups is 2. The van der Waals surface area contributed by atoms with Crippen molar-refractivity contribution in [2.45, 2.75) is 6.92 Å². The number of nitrogens with zero attached hydrogens (tertiary/aromatic N) is 3. The number of hydrogen-bond acceptors (Lipinski definition) is 6. The van der Waals surface area contributed by atoms with Crippen LogP contribution in [-0.4, -0.2) is 26.5 Å². The van der Waals surface area contributed by atoms with Gasteiger partial charge in [0.1, 0.15) is 5.69 Å². The van der Waals surface area contributed by atoms with Gasteiger partial charge in [-0.3, -0.25) is 14.9 Å². The molecule has 3 heterocycles. The van der Waals surface area contributed by atoms with Crippen molar-refractivity contribution >= 4 is 39.8 Å². The van der Waals surface area contributed by atoms with E-state index in [2.05, 4.69) is 15.4 Å². The molecule has 140 valence electrons. The average molecular weight is 413 g/mol. The van der Waals surface area contributed by atoms with Crippen LogP contribution in [-0.2, 0) is 0 Å². The highest BCUT2D eigenvalue weighted by atomic mass is 35.5. The van der Waals surface area contributed by atoms with Crippen molar-refractivity contribution in [3.8, 4) is 17.1 Å². The van der Waals surface area contributed by atoms with Gasteiger partial charge < -0.3 is 4.42 Å². The number of rotatable bonds is 5. The lowest BCUT2D eigenvalue weighted by atomic mass is 10.2. The first-order valence-electron chi connectivity index (χ1n) is 8.19. The first kappa shape index (κ1) is 18.1. The first-order chi connectivity index (χ1) is 13.5. The molecule has 0 fully saturated rings. The Labute approximate surface area is 168 Å². The zero-order chi connectivity index (χ0) is 19.7. The third-order valence-electron chi connectivity index (χ3n) is 3.86. The summed E-state index contributed by atoms with van der Waals surface area (Å²) in [7, 11) is 0. The van der Waals surface area contributed by atoms with Gasteiger partial charge in [-0.1, -0.05) is 22.9 Å². The molecule has 1 amide bonds. The second kappa shape index (κ2) is 7.41. The summed E-state index contributed by atoms with van der Waals surface area (Å²) >= 11 is 7.08. The van der Waals surface area contributed by atoms with Crippen molar-refractivity contribution in [3.05, 3.63) is 70.5 Å². The minimum Gasteiger partial charge on any atom is -0.463 e. The molecule has 0 aliphatic heterocycles. The summed E-state index contributed by atoms with van der Waals surface area (Å²) in [6, 6.07) is 12.2. The van der Waals surface area contributed by atoms with Gasteiger partial charge in [-0.2, -0.15) is 5.10 Å². The smallest absolute Gasteiger partial charge is 0.277 e. The normalized spacial score (nSPS) is 10.8. The van der Waals surface area contributed by atoms with Gasteiger partial charge in [-0.25, -0.2) is 9.67 Å². The van der Waals surface area contributed by atoms with Crippen LogP contribution in [0.1, 0.15) is 27.1 Å². The fourth-order valence-corrected chi connectivity index (χ4v) is 3.36. The Morgan fingerprint density at radius 3 is 2.64 bits per heavy atom. The number of carbonyl (C=O) groups excluding carboxylic acids is 2.